The van der Waals surface area contributed by atoms with Gasteiger partial charge in [0.05, 0.1) is 11.2 Å². The number of hydrogen-bond donors (Lipinski definition) is 4. The molecule has 0 aliphatic heterocycles. The zero-order chi connectivity index (χ0) is 13.0. The number of nitrogens with two attached hydrogens (primary N) is 1. The van der Waals surface area contributed by atoms with Crippen LogP contribution >= 0.6 is 0 Å². The van der Waals surface area contributed by atoms with Crippen molar-refractivity contribution in [3.63, 3.8) is 0 Å². The summed E-state index contributed by atoms with van der Waals surface area (Å²) in [5.74, 6) is 0. The first-order valence-corrected chi connectivity index (χ1v) is 6.94. The Kier molecular flexibility index (Phi) is 3.80. The van der Waals surface area contributed by atoms with Crippen molar-refractivity contribution in [3.05, 3.63) is 36.2 Å². The highest BCUT2D eigenvalue weighted by molar-refractivity contribution is 7.89. The summed E-state index contributed by atoms with van der Waals surface area (Å²) in [6.07, 6.45) is 5.22. The van der Waals surface area contributed by atoms with Gasteiger partial charge in [0.15, 0.2) is 0 Å². The lowest BCUT2D eigenvalue weighted by Crippen LogP contribution is -2.25. The van der Waals surface area contributed by atoms with E-state index in [2.05, 4.69) is 19.7 Å². The van der Waals surface area contributed by atoms with Crippen molar-refractivity contribution >= 4 is 10.0 Å². The molecule has 0 saturated carbocycles. The molecule has 2 aromatic heterocycles. The van der Waals surface area contributed by atoms with E-state index in [1.807, 2.05) is 0 Å². The van der Waals surface area contributed by atoms with E-state index in [4.69, 9.17) is 5.73 Å². The first-order chi connectivity index (χ1) is 8.62. The normalized spacial score (nSPS) is 11.8. The second-order valence-electron chi connectivity index (χ2n) is 3.79. The van der Waals surface area contributed by atoms with Crippen LogP contribution in [0.25, 0.3) is 0 Å². The molecule has 0 aliphatic carbocycles. The molecule has 0 saturated heterocycles. The van der Waals surface area contributed by atoms with Gasteiger partial charge in [-0.15, -0.1) is 0 Å². The molecule has 0 amide bonds. The quantitative estimate of drug-likeness (QED) is 0.577. The summed E-state index contributed by atoms with van der Waals surface area (Å²) < 4.78 is 26.3. The van der Waals surface area contributed by atoms with Gasteiger partial charge in [-0.2, -0.15) is 0 Å². The van der Waals surface area contributed by atoms with Gasteiger partial charge in [0.1, 0.15) is 0 Å². The molecule has 8 heteroatoms. The summed E-state index contributed by atoms with van der Waals surface area (Å²) in [4.78, 5) is 9.77. The molecule has 0 atom stereocenters. The van der Waals surface area contributed by atoms with Gasteiger partial charge in [-0.05, 0) is 6.07 Å². The van der Waals surface area contributed by atoms with Gasteiger partial charge >= 0.3 is 0 Å². The first-order valence-electron chi connectivity index (χ1n) is 5.46. The van der Waals surface area contributed by atoms with Gasteiger partial charge in [-0.3, -0.25) is 0 Å². The van der Waals surface area contributed by atoms with Crippen molar-refractivity contribution < 1.29 is 8.42 Å². The van der Waals surface area contributed by atoms with Crippen LogP contribution in [0.4, 0.5) is 0 Å². The average molecular weight is 269 g/mol. The van der Waals surface area contributed by atoms with Crippen LogP contribution < -0.4 is 10.5 Å². The summed E-state index contributed by atoms with van der Waals surface area (Å²) in [7, 11) is -3.47. The minimum Gasteiger partial charge on any atom is -0.363 e. The summed E-state index contributed by atoms with van der Waals surface area (Å²) in [5.41, 5.74) is 6.98. The molecule has 0 aliphatic rings. The van der Waals surface area contributed by atoms with Crippen LogP contribution in [0.1, 0.15) is 11.4 Å². The molecule has 0 fully saturated rings. The third kappa shape index (κ3) is 2.97. The SMILES string of the molecule is NCc1cc(S(=O)(=O)NCCc2cnc[nH]2)c[nH]1. The number of imidazole rings is 1. The Morgan fingerprint density at radius 1 is 1.33 bits per heavy atom. The van der Waals surface area contributed by atoms with Crippen molar-refractivity contribution in [2.24, 2.45) is 5.73 Å². The number of H-pyrrole nitrogens is 2. The number of sulfonamides is 1. The number of hydrogen-bond acceptors (Lipinski definition) is 4. The van der Waals surface area contributed by atoms with E-state index in [0.29, 0.717) is 18.7 Å². The Labute approximate surface area is 105 Å². The Morgan fingerprint density at radius 3 is 2.78 bits per heavy atom. The maximum absolute atomic E-state index is 11.9. The van der Waals surface area contributed by atoms with Gasteiger partial charge in [-0.25, -0.2) is 18.1 Å². The summed E-state index contributed by atoms with van der Waals surface area (Å²) in [6, 6.07) is 1.53. The number of nitrogens with one attached hydrogen (secondary N) is 3. The molecule has 0 bridgehead atoms. The first kappa shape index (κ1) is 12.8. The van der Waals surface area contributed by atoms with E-state index in [1.165, 1.54) is 12.3 Å². The second kappa shape index (κ2) is 5.34. The Hall–Kier alpha value is -1.64. The molecule has 7 nitrogen and oxygen atoms in total. The molecule has 0 aromatic carbocycles. The maximum Gasteiger partial charge on any atom is 0.242 e. The maximum atomic E-state index is 11.9. The van der Waals surface area contributed by atoms with Crippen LogP contribution in [0.3, 0.4) is 0 Å². The third-order valence-corrected chi connectivity index (χ3v) is 3.93. The summed E-state index contributed by atoms with van der Waals surface area (Å²) in [6.45, 7) is 0.595. The van der Waals surface area contributed by atoms with Gasteiger partial charge < -0.3 is 15.7 Å². The fourth-order valence-corrected chi connectivity index (χ4v) is 2.57. The standard InChI is InChI=1S/C10H15N5O2S/c11-4-9-3-10(6-13-9)18(16,17)15-2-1-8-5-12-7-14-8/h3,5-7,13,15H,1-2,4,11H2,(H,12,14). The molecule has 0 spiro atoms. The molecule has 2 aromatic rings. The van der Waals surface area contributed by atoms with Gasteiger partial charge in [0.25, 0.3) is 0 Å². The molecular weight excluding hydrogens is 254 g/mol. The lowest BCUT2D eigenvalue weighted by atomic mass is 10.3. The fourth-order valence-electron chi connectivity index (χ4n) is 1.52. The van der Waals surface area contributed by atoms with Crippen LogP contribution in [0.15, 0.2) is 29.7 Å². The lowest BCUT2D eigenvalue weighted by molar-refractivity contribution is 0.581. The van der Waals surface area contributed by atoms with Crippen LogP contribution in [0.2, 0.25) is 0 Å². The Balaban J connectivity index is 1.95. The molecule has 98 valence electrons. The van der Waals surface area contributed by atoms with E-state index >= 15 is 0 Å². The average Bonchev–Trinajstić information content (AvgIpc) is 2.99. The highest BCUT2D eigenvalue weighted by atomic mass is 32.2. The van der Waals surface area contributed by atoms with Crippen molar-refractivity contribution in [1.82, 2.24) is 19.7 Å². The molecule has 0 unspecified atom stereocenters. The lowest BCUT2D eigenvalue weighted by Gasteiger charge is -2.03. The molecule has 2 heterocycles. The van der Waals surface area contributed by atoms with Crippen LogP contribution in [-0.2, 0) is 23.0 Å². The second-order valence-corrected chi connectivity index (χ2v) is 5.56. The highest BCUT2D eigenvalue weighted by Gasteiger charge is 2.15. The van der Waals surface area contributed by atoms with E-state index in [1.54, 1.807) is 12.5 Å². The van der Waals surface area contributed by atoms with E-state index in [9.17, 15) is 8.42 Å². The van der Waals surface area contributed by atoms with E-state index < -0.39 is 10.0 Å². The smallest absolute Gasteiger partial charge is 0.242 e. The predicted molar refractivity (Wildman–Crippen MR) is 66.2 cm³/mol. The third-order valence-electron chi connectivity index (χ3n) is 2.49. The molecule has 5 N–H and O–H groups in total. The minimum atomic E-state index is -3.47. The topological polar surface area (TPSA) is 117 Å². The van der Waals surface area contributed by atoms with Crippen LogP contribution in [-0.4, -0.2) is 29.9 Å². The van der Waals surface area contributed by atoms with E-state index in [-0.39, 0.29) is 11.4 Å². The van der Waals surface area contributed by atoms with Gasteiger partial charge in [0, 0.05) is 43.3 Å². The van der Waals surface area contributed by atoms with Crippen LogP contribution in [0.5, 0.6) is 0 Å². The van der Waals surface area contributed by atoms with Crippen LogP contribution in [0, 0.1) is 0 Å². The van der Waals surface area contributed by atoms with Crippen molar-refractivity contribution in [2.45, 2.75) is 17.9 Å². The Bertz CT molecular complexity index is 588. The molecule has 0 radical (unpaired) electrons. The number of nitrogens with zero attached hydrogens (tertiary/aromatic N) is 1. The number of aromatic amines is 2. The van der Waals surface area contributed by atoms with Gasteiger partial charge in [0.2, 0.25) is 10.0 Å². The van der Waals surface area contributed by atoms with Crippen molar-refractivity contribution in [3.8, 4) is 0 Å². The van der Waals surface area contributed by atoms with E-state index in [0.717, 1.165) is 5.69 Å². The molecule has 2 rings (SSSR count). The number of aromatic nitrogens is 3. The summed E-state index contributed by atoms with van der Waals surface area (Å²) >= 11 is 0. The monoisotopic (exact) mass is 269 g/mol. The van der Waals surface area contributed by atoms with Crippen molar-refractivity contribution in [1.29, 1.82) is 0 Å². The molecular formula is C10H15N5O2S. The Morgan fingerprint density at radius 2 is 2.17 bits per heavy atom. The molecule has 18 heavy (non-hydrogen) atoms. The predicted octanol–water partition coefficient (Wildman–Crippen LogP) is -0.282. The zero-order valence-corrected chi connectivity index (χ0v) is 10.5. The fraction of sp³-hybridized carbons (Fsp3) is 0.300. The van der Waals surface area contributed by atoms with Gasteiger partial charge in [-0.1, -0.05) is 0 Å². The summed E-state index contributed by atoms with van der Waals surface area (Å²) in [5, 5.41) is 0. The highest BCUT2D eigenvalue weighted by Crippen LogP contribution is 2.09. The largest absolute Gasteiger partial charge is 0.363 e. The minimum absolute atomic E-state index is 0.201. The zero-order valence-electron chi connectivity index (χ0n) is 9.68. The van der Waals surface area contributed by atoms with Crippen molar-refractivity contribution in [2.75, 3.05) is 6.54 Å². The number of rotatable bonds is 6.